The maximum absolute atomic E-state index is 4.12. The molecule has 0 saturated heterocycles. The van der Waals surface area contributed by atoms with Crippen LogP contribution in [0.2, 0.25) is 0 Å². The summed E-state index contributed by atoms with van der Waals surface area (Å²) in [5.74, 6) is 0. The Morgan fingerprint density at radius 1 is 0.529 bits per heavy atom. The third-order valence-electron chi connectivity index (χ3n) is 6.06. The second kappa shape index (κ2) is 11.6. The molecule has 4 rings (SSSR count). The van der Waals surface area contributed by atoms with Crippen LogP contribution in [0.3, 0.4) is 0 Å². The number of hydrogen-bond acceptors (Lipinski definition) is 0. The Labute approximate surface area is 203 Å². The van der Waals surface area contributed by atoms with Gasteiger partial charge in [0.2, 0.25) is 0 Å². The van der Waals surface area contributed by atoms with Gasteiger partial charge in [-0.3, -0.25) is 0 Å². The summed E-state index contributed by atoms with van der Waals surface area (Å²) in [6, 6.07) is 34.1. The van der Waals surface area contributed by atoms with Crippen molar-refractivity contribution in [2.75, 3.05) is 0 Å². The molecule has 0 fully saturated rings. The van der Waals surface area contributed by atoms with E-state index in [0.29, 0.717) is 0 Å². The zero-order chi connectivity index (χ0) is 23.6. The largest absolute Gasteiger partial charge is 0.0984 e. The fourth-order valence-corrected chi connectivity index (χ4v) is 4.43. The van der Waals surface area contributed by atoms with Crippen LogP contribution in [0.25, 0.3) is 23.3 Å². The number of hydrogen-bond donors (Lipinski definition) is 0. The number of rotatable bonds is 4. The molecule has 34 heavy (non-hydrogen) atoms. The van der Waals surface area contributed by atoms with Crippen molar-refractivity contribution in [2.24, 2.45) is 0 Å². The Hall–Kier alpha value is -4.16. The van der Waals surface area contributed by atoms with Crippen LogP contribution in [0.15, 0.2) is 135 Å². The van der Waals surface area contributed by atoms with E-state index in [-0.39, 0.29) is 0 Å². The van der Waals surface area contributed by atoms with Gasteiger partial charge >= 0.3 is 0 Å². The van der Waals surface area contributed by atoms with E-state index in [1.807, 2.05) is 18.2 Å². The average Bonchev–Trinajstić information content (AvgIpc) is 2.89. The summed E-state index contributed by atoms with van der Waals surface area (Å²) in [6.45, 7) is 8.14. The van der Waals surface area contributed by atoms with Crippen molar-refractivity contribution in [3.8, 4) is 0 Å². The molecule has 0 nitrogen and oxygen atoms in total. The minimum absolute atomic E-state index is 0.832. The highest BCUT2D eigenvalue weighted by Gasteiger charge is 2.11. The molecule has 0 N–H and O–H groups in total. The van der Waals surface area contributed by atoms with E-state index in [2.05, 4.69) is 128 Å². The van der Waals surface area contributed by atoms with Crippen molar-refractivity contribution in [3.63, 3.8) is 0 Å². The van der Waals surface area contributed by atoms with Gasteiger partial charge in [0.15, 0.2) is 0 Å². The molecule has 0 aromatic heterocycles. The SMILES string of the molecule is C=Cc1cccc(/C2=c3\cccc\c3=C(/c3ccccccccc3)C/C=C\C=C/C2)c1C=C. The lowest BCUT2D eigenvalue weighted by Crippen LogP contribution is -2.30. The first-order valence-electron chi connectivity index (χ1n) is 11.7. The topological polar surface area (TPSA) is 0 Å². The van der Waals surface area contributed by atoms with Gasteiger partial charge in [-0.1, -0.05) is 147 Å². The van der Waals surface area contributed by atoms with E-state index in [9.17, 15) is 0 Å². The molecular weight excluding hydrogens is 408 g/mol. The van der Waals surface area contributed by atoms with Gasteiger partial charge in [0.1, 0.15) is 0 Å². The Kier molecular flexibility index (Phi) is 7.87. The molecule has 0 spiro atoms. The number of allylic oxidation sites excluding steroid dienone is 4. The maximum atomic E-state index is 4.12. The van der Waals surface area contributed by atoms with Crippen molar-refractivity contribution in [3.05, 3.63) is 167 Å². The van der Waals surface area contributed by atoms with E-state index in [1.165, 1.54) is 32.7 Å². The van der Waals surface area contributed by atoms with Crippen molar-refractivity contribution in [1.29, 1.82) is 0 Å². The second-order valence-electron chi connectivity index (χ2n) is 8.12. The maximum Gasteiger partial charge on any atom is -0.00820 e. The molecule has 0 heteroatoms. The summed E-state index contributed by atoms with van der Waals surface area (Å²) >= 11 is 0. The van der Waals surface area contributed by atoms with Crippen molar-refractivity contribution in [2.45, 2.75) is 12.8 Å². The van der Waals surface area contributed by atoms with Gasteiger partial charge in [-0.15, -0.1) is 0 Å². The molecule has 3 aromatic carbocycles. The minimum atomic E-state index is 0.832. The second-order valence-corrected chi connectivity index (χ2v) is 8.12. The van der Waals surface area contributed by atoms with Gasteiger partial charge < -0.3 is 0 Å². The molecule has 1 aliphatic carbocycles. The van der Waals surface area contributed by atoms with Crippen LogP contribution in [-0.4, -0.2) is 0 Å². The van der Waals surface area contributed by atoms with E-state index >= 15 is 0 Å². The van der Waals surface area contributed by atoms with Gasteiger partial charge in [-0.2, -0.15) is 0 Å². The van der Waals surface area contributed by atoms with Crippen LogP contribution < -0.4 is 10.4 Å². The first-order chi connectivity index (χ1) is 16.8. The molecule has 0 aliphatic heterocycles. The molecule has 0 bridgehead atoms. The summed E-state index contributed by atoms with van der Waals surface area (Å²) < 4.78 is 0. The van der Waals surface area contributed by atoms with E-state index in [4.69, 9.17) is 0 Å². The van der Waals surface area contributed by atoms with E-state index in [1.54, 1.807) is 0 Å². The average molecular weight is 439 g/mol. The summed E-state index contributed by atoms with van der Waals surface area (Å²) in [5, 5.41) is 2.52. The predicted molar refractivity (Wildman–Crippen MR) is 149 cm³/mol. The van der Waals surface area contributed by atoms with Crippen LogP contribution in [0.1, 0.15) is 35.1 Å². The van der Waals surface area contributed by atoms with Crippen LogP contribution in [0.4, 0.5) is 0 Å². The lowest BCUT2D eigenvalue weighted by Gasteiger charge is -2.15. The molecule has 0 atom stereocenters. The summed E-state index contributed by atoms with van der Waals surface area (Å²) in [6.07, 6.45) is 14.3. The molecule has 166 valence electrons. The van der Waals surface area contributed by atoms with E-state index in [0.717, 1.165) is 24.0 Å². The Morgan fingerprint density at radius 2 is 1.09 bits per heavy atom. The summed E-state index contributed by atoms with van der Waals surface area (Å²) in [5.41, 5.74) is 7.24. The molecule has 3 aromatic rings. The molecule has 0 saturated carbocycles. The molecule has 1 aliphatic rings. The number of benzene rings is 2. The Bertz CT molecular complexity index is 1400. The summed E-state index contributed by atoms with van der Waals surface area (Å²) in [4.78, 5) is 0. The van der Waals surface area contributed by atoms with Gasteiger partial charge in [0.25, 0.3) is 0 Å². The lowest BCUT2D eigenvalue weighted by atomic mass is 9.89. The highest BCUT2D eigenvalue weighted by Crippen LogP contribution is 2.26. The van der Waals surface area contributed by atoms with Crippen LogP contribution in [-0.2, 0) is 0 Å². The normalized spacial score (nSPS) is 18.0. The van der Waals surface area contributed by atoms with Crippen LogP contribution in [0, 0.1) is 0 Å². The van der Waals surface area contributed by atoms with Gasteiger partial charge in [-0.25, -0.2) is 0 Å². The fourth-order valence-electron chi connectivity index (χ4n) is 4.43. The van der Waals surface area contributed by atoms with Crippen molar-refractivity contribution < 1.29 is 0 Å². The molecule has 0 radical (unpaired) electrons. The monoisotopic (exact) mass is 438 g/mol. The molecule has 0 amide bonds. The molecule has 0 unspecified atom stereocenters. The highest BCUT2D eigenvalue weighted by atomic mass is 14.1. The van der Waals surface area contributed by atoms with Gasteiger partial charge in [0, 0.05) is 0 Å². The van der Waals surface area contributed by atoms with Crippen LogP contribution in [0.5, 0.6) is 0 Å². The molecular formula is C34H30. The Balaban J connectivity index is 2.16. The standard InChI is InChI=1S/C34H30/c1-3-27-21-18-26-31(29(27)4-2)33-23-15-11-10-14-22-30(32-24-16-17-25-34(32)33)28-19-12-8-6-5-7-9-13-20-28/h3-21,24-26H,1-2,22-23H2/b6-5?,7-5?,8-6?,9-7?,12-8?,13-9?,14-10-,15-11-,19-12?,20-13?,28-19?,28-20?,32-30+,34-33+. The van der Waals surface area contributed by atoms with Gasteiger partial charge in [-0.05, 0) is 56.7 Å². The predicted octanol–water partition coefficient (Wildman–Crippen LogP) is 7.40. The molecule has 0 heterocycles. The minimum Gasteiger partial charge on any atom is -0.0984 e. The van der Waals surface area contributed by atoms with Crippen molar-refractivity contribution in [1.82, 2.24) is 0 Å². The Morgan fingerprint density at radius 3 is 1.71 bits per heavy atom. The number of fused-ring (bicyclic) bond motifs is 1. The van der Waals surface area contributed by atoms with Crippen LogP contribution >= 0.6 is 0 Å². The van der Waals surface area contributed by atoms with Gasteiger partial charge in [0.05, 0.1) is 0 Å². The van der Waals surface area contributed by atoms with E-state index < -0.39 is 0 Å². The zero-order valence-electron chi connectivity index (χ0n) is 19.5. The first kappa shape index (κ1) is 23.0. The third kappa shape index (κ3) is 5.24. The third-order valence-corrected chi connectivity index (χ3v) is 6.06. The lowest BCUT2D eigenvalue weighted by molar-refractivity contribution is 1.28. The first-order valence-corrected chi connectivity index (χ1v) is 11.7. The quantitative estimate of drug-likeness (QED) is 0.398. The van der Waals surface area contributed by atoms with Crippen molar-refractivity contribution >= 4 is 23.3 Å². The fraction of sp³-hybridized carbons (Fsp3) is 0.0588. The zero-order valence-corrected chi connectivity index (χ0v) is 19.5. The summed E-state index contributed by atoms with van der Waals surface area (Å²) in [7, 11) is 0. The highest BCUT2D eigenvalue weighted by molar-refractivity contribution is 5.80. The smallest absolute Gasteiger partial charge is 0.00820 e.